The smallest absolute Gasteiger partial charge is 0.0417 e. The highest BCUT2D eigenvalue weighted by Crippen LogP contribution is 3.06. The molecule has 0 aromatic rings. The topological polar surface area (TPSA) is 26.0 Å². The van der Waals surface area contributed by atoms with E-state index in [9.17, 15) is 0 Å². The highest BCUT2D eigenvalue weighted by molar-refractivity contribution is 5.85. The maximum absolute atomic E-state index is 6.23. The quantitative estimate of drug-likeness (QED) is 0.539. The van der Waals surface area contributed by atoms with Gasteiger partial charge in [-0.15, -0.1) is 18.8 Å². The summed E-state index contributed by atoms with van der Waals surface area (Å²) in [6, 6.07) is 0. The van der Waals surface area contributed by atoms with E-state index in [1.165, 1.54) is 0 Å². The van der Waals surface area contributed by atoms with Crippen LogP contribution in [0.2, 0.25) is 0 Å². The molecule has 0 radical (unpaired) electrons. The SMILES string of the molecule is C#CC12C3C4C1C1C2C3C41N.Cl. The van der Waals surface area contributed by atoms with Gasteiger partial charge in [-0.3, -0.25) is 0 Å². The van der Waals surface area contributed by atoms with Crippen LogP contribution in [0.25, 0.3) is 0 Å². The fourth-order valence-corrected chi connectivity index (χ4v) is 5.90. The Hall–Kier alpha value is -0.190. The third kappa shape index (κ3) is 0.193. The van der Waals surface area contributed by atoms with Gasteiger partial charge in [-0.25, -0.2) is 0 Å². The van der Waals surface area contributed by atoms with Crippen molar-refractivity contribution in [3.05, 3.63) is 0 Å². The number of hydrogen-bond acceptors (Lipinski definition) is 1. The van der Waals surface area contributed by atoms with Crippen molar-refractivity contribution >= 4 is 12.4 Å². The first-order valence-corrected chi connectivity index (χ1v) is 4.56. The van der Waals surface area contributed by atoms with Crippen molar-refractivity contribution in [2.45, 2.75) is 5.54 Å². The summed E-state index contributed by atoms with van der Waals surface area (Å²) in [5, 5.41) is 0. The van der Waals surface area contributed by atoms with Crippen LogP contribution in [0.15, 0.2) is 0 Å². The Labute approximate surface area is 77.5 Å². The van der Waals surface area contributed by atoms with Gasteiger partial charge in [0, 0.05) is 11.0 Å². The molecule has 0 atom stereocenters. The molecule has 0 aliphatic heterocycles. The number of halogens is 1. The summed E-state index contributed by atoms with van der Waals surface area (Å²) in [5.74, 6) is 8.42. The van der Waals surface area contributed by atoms with Crippen LogP contribution in [-0.4, -0.2) is 5.54 Å². The molecule has 12 heavy (non-hydrogen) atoms. The molecule has 0 saturated heterocycles. The van der Waals surface area contributed by atoms with E-state index in [0.717, 1.165) is 35.5 Å². The predicted octanol–water partition coefficient (Wildman–Crippen LogP) is 0.490. The van der Waals surface area contributed by atoms with Crippen molar-refractivity contribution in [3.63, 3.8) is 0 Å². The molecule has 2 N–H and O–H groups in total. The highest BCUT2D eigenvalue weighted by Gasteiger charge is 3.09. The lowest BCUT2D eigenvalue weighted by molar-refractivity contribution is -0.601. The Kier molecular flexibility index (Phi) is 0.575. The van der Waals surface area contributed by atoms with E-state index >= 15 is 0 Å². The van der Waals surface area contributed by atoms with E-state index in [4.69, 9.17) is 12.2 Å². The van der Waals surface area contributed by atoms with Crippen molar-refractivity contribution in [2.24, 2.45) is 46.7 Å². The van der Waals surface area contributed by atoms with Crippen molar-refractivity contribution in [1.82, 2.24) is 0 Å². The van der Waals surface area contributed by atoms with Crippen LogP contribution in [0.3, 0.4) is 0 Å². The van der Waals surface area contributed by atoms with Gasteiger partial charge in [0.1, 0.15) is 0 Å². The largest absolute Gasteiger partial charge is 0.324 e. The van der Waals surface area contributed by atoms with E-state index in [1.807, 2.05) is 0 Å². The Morgan fingerprint density at radius 2 is 1.42 bits per heavy atom. The first-order valence-electron chi connectivity index (χ1n) is 4.56. The van der Waals surface area contributed by atoms with Gasteiger partial charge >= 0.3 is 0 Å². The van der Waals surface area contributed by atoms with Gasteiger partial charge in [-0.1, -0.05) is 5.92 Å². The van der Waals surface area contributed by atoms with Crippen LogP contribution in [0, 0.1) is 53.3 Å². The first kappa shape index (κ1) is 6.29. The maximum Gasteiger partial charge on any atom is 0.0417 e. The lowest BCUT2D eigenvalue weighted by Crippen LogP contribution is -3.14. The van der Waals surface area contributed by atoms with Gasteiger partial charge in [0.15, 0.2) is 0 Å². The average Bonchev–Trinajstić information content (AvgIpc) is 2.06. The summed E-state index contributed by atoms with van der Waals surface area (Å²) in [5.41, 5.74) is 7.01. The standard InChI is InChI=1S/C10H9N.ClH/c1-2-9-3-6-4(9)8-5(9)7(3)10(6,8)11;/h1,3-8H,11H2;1H. The molecule has 6 aliphatic carbocycles. The van der Waals surface area contributed by atoms with E-state index in [0.29, 0.717) is 11.0 Å². The molecule has 1 nitrogen and oxygen atoms in total. The Bertz CT molecular complexity index is 313. The third-order valence-electron chi connectivity index (χ3n) is 5.96. The van der Waals surface area contributed by atoms with Crippen molar-refractivity contribution < 1.29 is 0 Å². The minimum absolute atomic E-state index is 0. The molecule has 6 fully saturated rings. The fourth-order valence-electron chi connectivity index (χ4n) is 5.90. The predicted molar refractivity (Wildman–Crippen MR) is 46.4 cm³/mol. The highest BCUT2D eigenvalue weighted by atomic mass is 35.5. The molecule has 2 heteroatoms. The van der Waals surface area contributed by atoms with Crippen LogP contribution in [0.1, 0.15) is 0 Å². The second-order valence-electron chi connectivity index (χ2n) is 5.23. The van der Waals surface area contributed by atoms with Gasteiger partial charge in [0.2, 0.25) is 0 Å². The molecule has 0 unspecified atom stereocenters. The maximum atomic E-state index is 6.23. The minimum atomic E-state index is 0. The number of rotatable bonds is 0. The molecule has 6 saturated carbocycles. The van der Waals surface area contributed by atoms with Crippen molar-refractivity contribution in [2.75, 3.05) is 0 Å². The Morgan fingerprint density at radius 1 is 1.00 bits per heavy atom. The summed E-state index contributed by atoms with van der Waals surface area (Å²) in [6.07, 6.45) is 5.58. The zero-order valence-corrected chi connectivity index (χ0v) is 7.34. The second kappa shape index (κ2) is 1.10. The van der Waals surface area contributed by atoms with Crippen molar-refractivity contribution in [3.8, 4) is 12.3 Å². The zero-order valence-electron chi connectivity index (χ0n) is 6.53. The summed E-state index contributed by atoms with van der Waals surface area (Å²) in [6.45, 7) is 0. The summed E-state index contributed by atoms with van der Waals surface area (Å²) >= 11 is 0. The molecule has 0 spiro atoms. The van der Waals surface area contributed by atoms with Crippen LogP contribution < -0.4 is 5.73 Å². The van der Waals surface area contributed by atoms with Gasteiger partial charge in [-0.2, -0.15) is 0 Å². The molecule has 0 bridgehead atoms. The summed E-state index contributed by atoms with van der Waals surface area (Å²) in [4.78, 5) is 0. The normalized spacial score (nSPS) is 86.7. The Morgan fingerprint density at radius 3 is 1.75 bits per heavy atom. The first-order chi connectivity index (χ1) is 5.29. The molecule has 0 aromatic heterocycles. The lowest BCUT2D eigenvalue weighted by atomic mass is 8.94. The molecule has 0 amide bonds. The number of hydrogen-bond donors (Lipinski definition) is 1. The molecule has 6 aliphatic rings. The average molecular weight is 180 g/mol. The van der Waals surface area contributed by atoms with E-state index in [2.05, 4.69) is 5.92 Å². The van der Waals surface area contributed by atoms with E-state index in [-0.39, 0.29) is 12.4 Å². The van der Waals surface area contributed by atoms with Gasteiger partial charge in [0.25, 0.3) is 0 Å². The van der Waals surface area contributed by atoms with E-state index < -0.39 is 0 Å². The van der Waals surface area contributed by atoms with Crippen LogP contribution in [0.5, 0.6) is 0 Å². The molecule has 0 heterocycles. The molecular formula is C10H10ClN. The lowest BCUT2D eigenvalue weighted by Gasteiger charge is -3.09. The molecule has 6 rings (SSSR count). The fraction of sp³-hybridized carbons (Fsp3) is 0.800. The zero-order chi connectivity index (χ0) is 7.17. The Balaban J connectivity index is 0.000000450. The summed E-state index contributed by atoms with van der Waals surface area (Å²) in [7, 11) is 0. The van der Waals surface area contributed by atoms with Crippen LogP contribution in [0.4, 0.5) is 0 Å². The minimum Gasteiger partial charge on any atom is -0.324 e. The summed E-state index contributed by atoms with van der Waals surface area (Å²) < 4.78 is 0. The van der Waals surface area contributed by atoms with Gasteiger partial charge in [0.05, 0.1) is 0 Å². The van der Waals surface area contributed by atoms with E-state index in [1.54, 1.807) is 0 Å². The number of nitrogens with two attached hydrogens (primary N) is 1. The van der Waals surface area contributed by atoms with Gasteiger partial charge in [-0.05, 0) is 35.5 Å². The third-order valence-corrected chi connectivity index (χ3v) is 5.96. The van der Waals surface area contributed by atoms with Crippen LogP contribution in [-0.2, 0) is 0 Å². The van der Waals surface area contributed by atoms with Crippen LogP contribution >= 0.6 is 12.4 Å². The molecular weight excluding hydrogens is 170 g/mol. The molecule has 62 valence electrons. The second-order valence-corrected chi connectivity index (χ2v) is 5.23. The molecule has 0 aromatic carbocycles. The number of terminal acetylenes is 1. The monoisotopic (exact) mass is 179 g/mol. The van der Waals surface area contributed by atoms with Gasteiger partial charge < -0.3 is 5.73 Å². The van der Waals surface area contributed by atoms with Crippen molar-refractivity contribution in [1.29, 1.82) is 0 Å².